The fourth-order valence-electron chi connectivity index (χ4n) is 2.25. The molecular weight excluding hydrogens is 248 g/mol. The van der Waals surface area contributed by atoms with Crippen LogP contribution < -0.4 is 5.73 Å². The quantitative estimate of drug-likeness (QED) is 0.852. The van der Waals surface area contributed by atoms with Crippen LogP contribution in [0.15, 0.2) is 30.3 Å². The van der Waals surface area contributed by atoms with E-state index in [1.54, 1.807) is 0 Å². The summed E-state index contributed by atoms with van der Waals surface area (Å²) in [6, 6.07) is 10.2. The molecule has 0 amide bonds. The Morgan fingerprint density at radius 1 is 1.17 bits per heavy atom. The summed E-state index contributed by atoms with van der Waals surface area (Å²) in [6.07, 6.45) is 0.837. The Labute approximate surface area is 109 Å². The molecule has 0 aromatic heterocycles. The second-order valence-corrected chi connectivity index (χ2v) is 7.21. The monoisotopic (exact) mass is 268 g/mol. The lowest BCUT2D eigenvalue weighted by Gasteiger charge is -2.28. The van der Waals surface area contributed by atoms with Crippen molar-refractivity contribution in [3.63, 3.8) is 0 Å². The second kappa shape index (κ2) is 5.82. The summed E-state index contributed by atoms with van der Waals surface area (Å²) in [7, 11) is -2.79. The van der Waals surface area contributed by atoms with Crippen LogP contribution >= 0.6 is 0 Å². The molecule has 1 fully saturated rings. The molecule has 4 nitrogen and oxygen atoms in total. The molecule has 0 saturated carbocycles. The largest absolute Gasteiger partial charge is 0.326 e. The fourth-order valence-corrected chi connectivity index (χ4v) is 3.52. The molecule has 1 saturated heterocycles. The third-order valence-corrected chi connectivity index (χ3v) is 4.88. The smallest absolute Gasteiger partial charge is 0.152 e. The van der Waals surface area contributed by atoms with E-state index in [-0.39, 0.29) is 17.5 Å². The molecule has 1 heterocycles. The van der Waals surface area contributed by atoms with Crippen molar-refractivity contribution in [1.29, 1.82) is 0 Å². The molecule has 1 unspecified atom stereocenters. The van der Waals surface area contributed by atoms with Gasteiger partial charge in [0.15, 0.2) is 9.84 Å². The van der Waals surface area contributed by atoms with Gasteiger partial charge in [-0.15, -0.1) is 0 Å². The van der Waals surface area contributed by atoms with Crippen molar-refractivity contribution in [2.24, 2.45) is 5.73 Å². The third-order valence-electron chi connectivity index (χ3n) is 3.27. The number of benzene rings is 1. The van der Waals surface area contributed by atoms with Gasteiger partial charge < -0.3 is 5.73 Å². The van der Waals surface area contributed by atoms with Crippen molar-refractivity contribution >= 4 is 9.84 Å². The lowest BCUT2D eigenvalue weighted by atomic mass is 10.1. The zero-order valence-corrected chi connectivity index (χ0v) is 11.3. The number of sulfone groups is 1. The molecule has 1 aromatic rings. The zero-order valence-electron chi connectivity index (χ0n) is 10.5. The van der Waals surface area contributed by atoms with E-state index >= 15 is 0 Å². The normalized spacial score (nSPS) is 21.6. The Morgan fingerprint density at radius 3 is 2.39 bits per heavy atom. The molecule has 1 aliphatic heterocycles. The Bertz CT molecular complexity index is 459. The van der Waals surface area contributed by atoms with Gasteiger partial charge in [-0.25, -0.2) is 8.42 Å². The van der Waals surface area contributed by atoms with Gasteiger partial charge in [-0.1, -0.05) is 30.3 Å². The van der Waals surface area contributed by atoms with Crippen LogP contribution in [0.2, 0.25) is 0 Å². The fraction of sp³-hybridized carbons (Fsp3) is 0.538. The standard InChI is InChI=1S/C13H20N2O2S/c14-13(10-12-4-2-1-3-5-12)11-15-6-8-18(16,17)9-7-15/h1-5,13H,6-11,14H2. The number of rotatable bonds is 4. The molecule has 0 aliphatic carbocycles. The first-order valence-electron chi connectivity index (χ1n) is 6.27. The van der Waals surface area contributed by atoms with Crippen LogP contribution in [0.25, 0.3) is 0 Å². The minimum Gasteiger partial charge on any atom is -0.326 e. The van der Waals surface area contributed by atoms with Gasteiger partial charge in [0, 0.05) is 25.7 Å². The van der Waals surface area contributed by atoms with Gasteiger partial charge in [0.05, 0.1) is 11.5 Å². The van der Waals surface area contributed by atoms with Crippen LogP contribution in [0.1, 0.15) is 5.56 Å². The summed E-state index contributed by atoms with van der Waals surface area (Å²) >= 11 is 0. The van der Waals surface area contributed by atoms with E-state index in [1.807, 2.05) is 18.2 Å². The predicted octanol–water partition coefficient (Wildman–Crippen LogP) is 0.287. The molecule has 1 atom stereocenters. The molecule has 2 N–H and O–H groups in total. The van der Waals surface area contributed by atoms with Crippen LogP contribution in [0.3, 0.4) is 0 Å². The highest BCUT2D eigenvalue weighted by Crippen LogP contribution is 2.07. The molecule has 0 bridgehead atoms. The maximum atomic E-state index is 11.3. The lowest BCUT2D eigenvalue weighted by Crippen LogP contribution is -2.46. The maximum absolute atomic E-state index is 11.3. The van der Waals surface area contributed by atoms with Gasteiger partial charge in [0.25, 0.3) is 0 Å². The summed E-state index contributed by atoms with van der Waals surface area (Å²) in [4.78, 5) is 2.15. The summed E-state index contributed by atoms with van der Waals surface area (Å²) in [5.41, 5.74) is 7.34. The van der Waals surface area contributed by atoms with Gasteiger partial charge in [-0.3, -0.25) is 4.90 Å². The number of hydrogen-bond acceptors (Lipinski definition) is 4. The van der Waals surface area contributed by atoms with Gasteiger partial charge in [-0.2, -0.15) is 0 Å². The maximum Gasteiger partial charge on any atom is 0.152 e. The van der Waals surface area contributed by atoms with Crippen LogP contribution in [0, 0.1) is 0 Å². The average molecular weight is 268 g/mol. The Balaban J connectivity index is 1.80. The van der Waals surface area contributed by atoms with E-state index in [4.69, 9.17) is 5.73 Å². The van der Waals surface area contributed by atoms with Gasteiger partial charge >= 0.3 is 0 Å². The van der Waals surface area contributed by atoms with Crippen LogP contribution in [0.5, 0.6) is 0 Å². The van der Waals surface area contributed by atoms with Crippen molar-refractivity contribution in [2.45, 2.75) is 12.5 Å². The van der Waals surface area contributed by atoms with E-state index in [0.717, 1.165) is 13.0 Å². The zero-order chi connectivity index (χ0) is 13.0. The Hall–Kier alpha value is -0.910. The highest BCUT2D eigenvalue weighted by molar-refractivity contribution is 7.91. The van der Waals surface area contributed by atoms with Gasteiger partial charge in [0.1, 0.15) is 0 Å². The minimum atomic E-state index is -2.79. The van der Waals surface area contributed by atoms with Crippen molar-refractivity contribution in [3.8, 4) is 0 Å². The van der Waals surface area contributed by atoms with Gasteiger partial charge in [-0.05, 0) is 12.0 Å². The third kappa shape index (κ3) is 4.08. The predicted molar refractivity (Wildman–Crippen MR) is 73.2 cm³/mol. The van der Waals surface area contributed by atoms with Crippen LogP contribution in [-0.2, 0) is 16.3 Å². The Kier molecular flexibility index (Phi) is 4.37. The summed E-state index contributed by atoms with van der Waals surface area (Å²) in [5, 5.41) is 0. The summed E-state index contributed by atoms with van der Waals surface area (Å²) < 4.78 is 22.6. The molecule has 0 radical (unpaired) electrons. The van der Waals surface area contributed by atoms with Crippen LogP contribution in [-0.4, -0.2) is 50.5 Å². The molecule has 5 heteroatoms. The van der Waals surface area contributed by atoms with E-state index < -0.39 is 9.84 Å². The molecule has 100 valence electrons. The number of nitrogens with two attached hydrogens (primary N) is 1. The van der Waals surface area contributed by atoms with Crippen LogP contribution in [0.4, 0.5) is 0 Å². The van der Waals surface area contributed by atoms with Gasteiger partial charge in [0.2, 0.25) is 0 Å². The van der Waals surface area contributed by atoms with Crippen molar-refractivity contribution in [2.75, 3.05) is 31.1 Å². The Morgan fingerprint density at radius 2 is 1.78 bits per heavy atom. The van der Waals surface area contributed by atoms with Crippen molar-refractivity contribution < 1.29 is 8.42 Å². The van der Waals surface area contributed by atoms with Crippen molar-refractivity contribution in [1.82, 2.24) is 4.90 Å². The number of hydrogen-bond donors (Lipinski definition) is 1. The molecule has 2 rings (SSSR count). The number of nitrogens with zero attached hydrogens (tertiary/aromatic N) is 1. The molecule has 0 spiro atoms. The molecular formula is C13H20N2O2S. The van der Waals surface area contributed by atoms with E-state index in [9.17, 15) is 8.42 Å². The summed E-state index contributed by atoms with van der Waals surface area (Å²) in [5.74, 6) is 0.538. The SMILES string of the molecule is NC(Cc1ccccc1)CN1CCS(=O)(=O)CC1. The second-order valence-electron chi connectivity index (χ2n) is 4.90. The lowest BCUT2D eigenvalue weighted by molar-refractivity contribution is 0.275. The molecule has 1 aliphatic rings. The highest BCUT2D eigenvalue weighted by Gasteiger charge is 2.22. The first-order valence-corrected chi connectivity index (χ1v) is 8.09. The summed E-state index contributed by atoms with van der Waals surface area (Å²) in [6.45, 7) is 2.00. The van der Waals surface area contributed by atoms with Crippen molar-refractivity contribution in [3.05, 3.63) is 35.9 Å². The van der Waals surface area contributed by atoms with E-state index in [1.165, 1.54) is 5.56 Å². The first kappa shape index (κ1) is 13.5. The van der Waals surface area contributed by atoms with E-state index in [2.05, 4.69) is 17.0 Å². The molecule has 1 aromatic carbocycles. The van der Waals surface area contributed by atoms with E-state index in [0.29, 0.717) is 13.1 Å². The average Bonchev–Trinajstić information content (AvgIpc) is 2.33. The minimum absolute atomic E-state index is 0.0632. The topological polar surface area (TPSA) is 63.4 Å². The molecule has 18 heavy (non-hydrogen) atoms. The highest BCUT2D eigenvalue weighted by atomic mass is 32.2. The first-order chi connectivity index (χ1) is 8.55.